The lowest BCUT2D eigenvalue weighted by atomic mass is 9.92. The summed E-state index contributed by atoms with van der Waals surface area (Å²) < 4.78 is 11.4. The fraction of sp³-hybridized carbons (Fsp3) is 0.172. The molecular formula is C29H24ClN3O3. The van der Waals surface area contributed by atoms with E-state index in [-0.39, 0.29) is 12.1 Å². The molecule has 1 aliphatic rings. The fourth-order valence-electron chi connectivity index (χ4n) is 4.95. The Labute approximate surface area is 213 Å². The first-order valence-electron chi connectivity index (χ1n) is 12.0. The molecular weight excluding hydrogens is 474 g/mol. The van der Waals surface area contributed by atoms with Crippen LogP contribution in [0.4, 0.5) is 4.79 Å². The molecule has 0 fully saturated rings. The third-order valence-electron chi connectivity index (χ3n) is 6.58. The smallest absolute Gasteiger partial charge is 0.410 e. The number of nitrogens with zero attached hydrogens (tertiary/aromatic N) is 2. The molecule has 0 aliphatic carbocycles. The van der Waals surface area contributed by atoms with Gasteiger partial charge in [-0.25, -0.2) is 9.78 Å². The SMILES string of the molecule is CCOC(=O)N1CCc2c([nH]c3ccc(Cl)cc23)C1c1ccc(Oc2ccc3ccccc3n2)cc1. The van der Waals surface area contributed by atoms with E-state index >= 15 is 0 Å². The number of pyridine rings is 1. The van der Waals surface area contributed by atoms with Crippen LogP contribution in [0.15, 0.2) is 78.9 Å². The Balaban J connectivity index is 1.35. The number of benzene rings is 3. The minimum atomic E-state index is -0.328. The molecule has 3 heterocycles. The highest BCUT2D eigenvalue weighted by molar-refractivity contribution is 6.31. The minimum Gasteiger partial charge on any atom is -0.450 e. The summed E-state index contributed by atoms with van der Waals surface area (Å²) in [4.78, 5) is 22.8. The van der Waals surface area contributed by atoms with Gasteiger partial charge in [0.15, 0.2) is 0 Å². The number of fused-ring (bicyclic) bond motifs is 4. The Kier molecular flexibility index (Phi) is 5.74. The molecule has 1 aliphatic heterocycles. The first-order valence-corrected chi connectivity index (χ1v) is 12.4. The van der Waals surface area contributed by atoms with Gasteiger partial charge in [0.25, 0.3) is 0 Å². The summed E-state index contributed by atoms with van der Waals surface area (Å²) in [5.74, 6) is 1.20. The third-order valence-corrected chi connectivity index (χ3v) is 6.82. The van der Waals surface area contributed by atoms with E-state index in [9.17, 15) is 4.79 Å². The largest absolute Gasteiger partial charge is 0.450 e. The van der Waals surface area contributed by atoms with Crippen molar-refractivity contribution >= 4 is 39.5 Å². The van der Waals surface area contributed by atoms with Gasteiger partial charge in [0, 0.05) is 39.6 Å². The van der Waals surface area contributed by atoms with Crippen LogP contribution < -0.4 is 4.74 Å². The number of carbonyl (C=O) groups excluding carboxylic acids is 1. The molecule has 0 spiro atoms. The monoisotopic (exact) mass is 497 g/mol. The van der Waals surface area contributed by atoms with Crippen molar-refractivity contribution in [3.63, 3.8) is 0 Å². The summed E-state index contributed by atoms with van der Waals surface area (Å²) in [6.45, 7) is 2.69. The predicted molar refractivity (Wildman–Crippen MR) is 141 cm³/mol. The van der Waals surface area contributed by atoms with Gasteiger partial charge in [-0.2, -0.15) is 0 Å². The van der Waals surface area contributed by atoms with Crippen molar-refractivity contribution in [1.29, 1.82) is 0 Å². The van der Waals surface area contributed by atoms with E-state index in [1.807, 2.05) is 85.8 Å². The van der Waals surface area contributed by atoms with Gasteiger partial charge in [-0.15, -0.1) is 0 Å². The lowest BCUT2D eigenvalue weighted by molar-refractivity contribution is 0.0932. The topological polar surface area (TPSA) is 67.5 Å². The molecule has 1 atom stereocenters. The first kappa shape index (κ1) is 22.4. The zero-order valence-electron chi connectivity index (χ0n) is 19.7. The Hall–Kier alpha value is -4.03. The Morgan fingerprint density at radius 3 is 2.75 bits per heavy atom. The van der Waals surface area contributed by atoms with Crippen LogP contribution in [0.5, 0.6) is 11.6 Å². The molecule has 2 aromatic heterocycles. The van der Waals surface area contributed by atoms with Gasteiger partial charge in [0.2, 0.25) is 5.88 Å². The number of para-hydroxylation sites is 1. The van der Waals surface area contributed by atoms with Crippen LogP contribution in [0.25, 0.3) is 21.8 Å². The van der Waals surface area contributed by atoms with E-state index in [1.165, 1.54) is 5.56 Å². The van der Waals surface area contributed by atoms with Gasteiger partial charge in [-0.05, 0) is 66.9 Å². The number of aromatic amines is 1. The quantitative estimate of drug-likeness (QED) is 0.283. The lowest BCUT2D eigenvalue weighted by Crippen LogP contribution is -2.40. The van der Waals surface area contributed by atoms with Crippen molar-refractivity contribution in [3.05, 3.63) is 101 Å². The number of H-pyrrole nitrogens is 1. The van der Waals surface area contributed by atoms with E-state index in [0.29, 0.717) is 29.8 Å². The molecule has 0 saturated carbocycles. The average molecular weight is 498 g/mol. The highest BCUT2D eigenvalue weighted by Gasteiger charge is 2.35. The fourth-order valence-corrected chi connectivity index (χ4v) is 5.13. The lowest BCUT2D eigenvalue weighted by Gasteiger charge is -2.35. The number of aromatic nitrogens is 2. The molecule has 0 radical (unpaired) electrons. The number of rotatable bonds is 4. The number of amides is 1. The summed E-state index contributed by atoms with van der Waals surface area (Å²) in [6.07, 6.45) is 0.394. The molecule has 0 bridgehead atoms. The second kappa shape index (κ2) is 9.21. The average Bonchev–Trinajstić information content (AvgIpc) is 3.26. The van der Waals surface area contributed by atoms with Gasteiger partial charge >= 0.3 is 6.09 Å². The second-order valence-corrected chi connectivity index (χ2v) is 9.20. The number of carbonyl (C=O) groups is 1. The van der Waals surface area contributed by atoms with Crippen molar-refractivity contribution in [3.8, 4) is 11.6 Å². The molecule has 1 unspecified atom stereocenters. The van der Waals surface area contributed by atoms with Gasteiger partial charge in [0.05, 0.1) is 12.1 Å². The van der Waals surface area contributed by atoms with Crippen molar-refractivity contribution < 1.29 is 14.3 Å². The summed E-state index contributed by atoms with van der Waals surface area (Å²) in [7, 11) is 0. The molecule has 180 valence electrons. The summed E-state index contributed by atoms with van der Waals surface area (Å²) in [5, 5.41) is 2.85. The minimum absolute atomic E-state index is 0.313. The maximum Gasteiger partial charge on any atom is 0.410 e. The number of nitrogens with one attached hydrogen (secondary N) is 1. The van der Waals surface area contributed by atoms with Crippen LogP contribution in [-0.4, -0.2) is 34.1 Å². The van der Waals surface area contributed by atoms with Crippen LogP contribution in [0.3, 0.4) is 0 Å². The normalized spacial score (nSPS) is 15.2. The maximum atomic E-state index is 12.9. The van der Waals surface area contributed by atoms with Crippen LogP contribution >= 0.6 is 11.6 Å². The standard InChI is InChI=1S/C29H24ClN3O3/c1-2-35-29(34)33-16-15-22-23-17-20(30)10-13-25(23)32-27(22)28(33)19-7-11-21(12-8-19)36-26-14-9-18-5-3-4-6-24(18)31-26/h3-14,17,28,32H,2,15-16H2,1H3. The van der Waals surface area contributed by atoms with Crippen LogP contribution in [0.1, 0.15) is 29.8 Å². The first-order chi connectivity index (χ1) is 17.6. The number of hydrogen-bond acceptors (Lipinski definition) is 4. The highest BCUT2D eigenvalue weighted by atomic mass is 35.5. The van der Waals surface area contributed by atoms with Gasteiger partial charge in [-0.1, -0.05) is 41.9 Å². The molecule has 7 heteroatoms. The molecule has 3 aromatic carbocycles. The van der Waals surface area contributed by atoms with Gasteiger partial charge < -0.3 is 14.5 Å². The van der Waals surface area contributed by atoms with Crippen LogP contribution in [-0.2, 0) is 11.2 Å². The number of halogens is 1. The summed E-state index contributed by atoms with van der Waals surface area (Å²) in [5.41, 5.74) is 5.00. The summed E-state index contributed by atoms with van der Waals surface area (Å²) in [6, 6.07) is 25.1. The van der Waals surface area contributed by atoms with E-state index in [0.717, 1.165) is 39.5 Å². The van der Waals surface area contributed by atoms with E-state index in [1.54, 1.807) is 4.90 Å². The van der Waals surface area contributed by atoms with Crippen molar-refractivity contribution in [2.75, 3.05) is 13.2 Å². The van der Waals surface area contributed by atoms with Crippen molar-refractivity contribution in [2.45, 2.75) is 19.4 Å². The molecule has 6 nitrogen and oxygen atoms in total. The third kappa shape index (κ3) is 4.03. The second-order valence-electron chi connectivity index (χ2n) is 8.77. The Morgan fingerprint density at radius 2 is 1.92 bits per heavy atom. The van der Waals surface area contributed by atoms with Gasteiger partial charge in [-0.3, -0.25) is 4.90 Å². The zero-order valence-corrected chi connectivity index (χ0v) is 20.5. The van der Waals surface area contributed by atoms with E-state index in [4.69, 9.17) is 21.1 Å². The molecule has 5 aromatic rings. The molecule has 0 saturated heterocycles. The van der Waals surface area contributed by atoms with Gasteiger partial charge in [0.1, 0.15) is 11.8 Å². The number of ether oxygens (including phenoxy) is 2. The Morgan fingerprint density at radius 1 is 1.08 bits per heavy atom. The van der Waals surface area contributed by atoms with E-state index in [2.05, 4.69) is 9.97 Å². The number of hydrogen-bond donors (Lipinski definition) is 1. The molecule has 36 heavy (non-hydrogen) atoms. The molecule has 1 amide bonds. The van der Waals surface area contributed by atoms with E-state index < -0.39 is 0 Å². The highest BCUT2D eigenvalue weighted by Crippen LogP contribution is 2.40. The molecule has 6 rings (SSSR count). The zero-order chi connectivity index (χ0) is 24.6. The molecule has 1 N–H and O–H groups in total. The van der Waals surface area contributed by atoms with Crippen LogP contribution in [0, 0.1) is 0 Å². The van der Waals surface area contributed by atoms with Crippen molar-refractivity contribution in [2.24, 2.45) is 0 Å². The predicted octanol–water partition coefficient (Wildman–Crippen LogP) is 7.27. The summed E-state index contributed by atoms with van der Waals surface area (Å²) >= 11 is 6.29. The van der Waals surface area contributed by atoms with Crippen LogP contribution in [0.2, 0.25) is 5.02 Å². The van der Waals surface area contributed by atoms with Crippen molar-refractivity contribution in [1.82, 2.24) is 14.9 Å². The Bertz CT molecular complexity index is 1580. The maximum absolute atomic E-state index is 12.9.